The first-order valence-corrected chi connectivity index (χ1v) is 6.85. The molecule has 0 spiro atoms. The van der Waals surface area contributed by atoms with Crippen LogP contribution in [0, 0.1) is 6.92 Å². The van der Waals surface area contributed by atoms with Crippen molar-refractivity contribution in [1.82, 2.24) is 10.6 Å². The van der Waals surface area contributed by atoms with Gasteiger partial charge in [-0.2, -0.15) is 0 Å². The van der Waals surface area contributed by atoms with Crippen LogP contribution in [-0.2, 0) is 11.3 Å². The van der Waals surface area contributed by atoms with Crippen molar-refractivity contribution in [3.63, 3.8) is 0 Å². The van der Waals surface area contributed by atoms with Crippen molar-refractivity contribution in [2.24, 2.45) is 0 Å². The smallest absolute Gasteiger partial charge is 0.223 e. The Morgan fingerprint density at radius 2 is 2.21 bits per heavy atom. The number of hydrogen-bond donors (Lipinski definition) is 2. The SMILES string of the molecule is CNC(=O)CCOc1ccc(C)cc1CNC1CC1. The van der Waals surface area contributed by atoms with Crippen LogP contribution in [0.15, 0.2) is 18.2 Å². The van der Waals surface area contributed by atoms with Gasteiger partial charge < -0.3 is 15.4 Å². The van der Waals surface area contributed by atoms with Crippen LogP contribution < -0.4 is 15.4 Å². The lowest BCUT2D eigenvalue weighted by Gasteiger charge is -2.12. The molecule has 2 rings (SSSR count). The van der Waals surface area contributed by atoms with Gasteiger partial charge in [-0.3, -0.25) is 4.79 Å². The Morgan fingerprint density at radius 1 is 1.42 bits per heavy atom. The van der Waals surface area contributed by atoms with Gasteiger partial charge in [-0.05, 0) is 25.8 Å². The summed E-state index contributed by atoms with van der Waals surface area (Å²) in [5, 5.41) is 6.08. The third-order valence-corrected chi connectivity index (χ3v) is 3.24. The summed E-state index contributed by atoms with van der Waals surface area (Å²) in [5.41, 5.74) is 2.40. The van der Waals surface area contributed by atoms with E-state index in [-0.39, 0.29) is 5.91 Å². The van der Waals surface area contributed by atoms with E-state index >= 15 is 0 Å². The molecule has 0 heterocycles. The van der Waals surface area contributed by atoms with Crippen LogP contribution in [0.5, 0.6) is 5.75 Å². The van der Waals surface area contributed by atoms with Crippen LogP contribution >= 0.6 is 0 Å². The molecule has 2 N–H and O–H groups in total. The molecule has 0 radical (unpaired) electrons. The number of nitrogens with one attached hydrogen (secondary N) is 2. The largest absolute Gasteiger partial charge is 0.493 e. The minimum absolute atomic E-state index is 0.00441. The highest BCUT2D eigenvalue weighted by Crippen LogP contribution is 2.23. The van der Waals surface area contributed by atoms with Crippen LogP contribution in [-0.4, -0.2) is 25.6 Å². The number of aryl methyl sites for hydroxylation is 1. The normalized spacial score (nSPS) is 14.2. The molecular formula is C15H22N2O2. The maximum absolute atomic E-state index is 11.2. The minimum Gasteiger partial charge on any atom is -0.493 e. The second-order valence-corrected chi connectivity index (χ2v) is 5.04. The third kappa shape index (κ3) is 4.56. The summed E-state index contributed by atoms with van der Waals surface area (Å²) in [7, 11) is 1.64. The Bertz CT molecular complexity index is 442. The van der Waals surface area contributed by atoms with Gasteiger partial charge in [-0.1, -0.05) is 17.7 Å². The highest BCUT2D eigenvalue weighted by molar-refractivity contribution is 5.75. The molecule has 0 bridgehead atoms. The molecule has 4 heteroatoms. The fourth-order valence-corrected chi connectivity index (χ4v) is 1.91. The maximum atomic E-state index is 11.2. The van der Waals surface area contributed by atoms with E-state index in [1.165, 1.54) is 24.0 Å². The first kappa shape index (κ1) is 13.9. The van der Waals surface area contributed by atoms with E-state index in [2.05, 4.69) is 23.6 Å². The molecule has 1 fully saturated rings. The predicted octanol–water partition coefficient (Wildman–Crippen LogP) is 1.76. The standard InChI is InChI=1S/C15H22N2O2/c1-11-3-6-14(19-8-7-15(18)16-2)12(9-11)10-17-13-4-5-13/h3,6,9,13,17H,4-5,7-8,10H2,1-2H3,(H,16,18). The van der Waals surface area contributed by atoms with Crippen LogP contribution in [0.25, 0.3) is 0 Å². The van der Waals surface area contributed by atoms with E-state index in [1.807, 2.05) is 12.1 Å². The summed E-state index contributed by atoms with van der Waals surface area (Å²) in [6, 6.07) is 6.85. The van der Waals surface area contributed by atoms with Crippen molar-refractivity contribution in [1.29, 1.82) is 0 Å². The lowest BCUT2D eigenvalue weighted by Crippen LogP contribution is -2.20. The van der Waals surface area contributed by atoms with Gasteiger partial charge in [0, 0.05) is 25.2 Å². The van der Waals surface area contributed by atoms with E-state index in [0.717, 1.165) is 12.3 Å². The molecule has 1 aromatic rings. The molecule has 4 nitrogen and oxygen atoms in total. The highest BCUT2D eigenvalue weighted by Gasteiger charge is 2.20. The number of carbonyl (C=O) groups is 1. The second-order valence-electron chi connectivity index (χ2n) is 5.04. The van der Waals surface area contributed by atoms with Crippen molar-refractivity contribution < 1.29 is 9.53 Å². The van der Waals surface area contributed by atoms with Gasteiger partial charge in [-0.25, -0.2) is 0 Å². The van der Waals surface area contributed by atoms with Crippen molar-refractivity contribution in [3.05, 3.63) is 29.3 Å². The lowest BCUT2D eigenvalue weighted by molar-refractivity contribution is -0.121. The number of benzene rings is 1. The molecule has 1 saturated carbocycles. The Balaban J connectivity index is 1.91. The molecule has 0 aliphatic heterocycles. The molecule has 1 aromatic carbocycles. The summed E-state index contributed by atoms with van der Waals surface area (Å²) in [6.07, 6.45) is 2.94. The molecule has 1 aliphatic rings. The van der Waals surface area contributed by atoms with Crippen molar-refractivity contribution in [3.8, 4) is 5.75 Å². The van der Waals surface area contributed by atoms with E-state index in [9.17, 15) is 4.79 Å². The van der Waals surface area contributed by atoms with Crippen LogP contribution in [0.4, 0.5) is 0 Å². The summed E-state index contributed by atoms with van der Waals surface area (Å²) in [6.45, 7) is 3.33. The van der Waals surface area contributed by atoms with E-state index in [1.54, 1.807) is 7.05 Å². The molecule has 19 heavy (non-hydrogen) atoms. The van der Waals surface area contributed by atoms with E-state index in [4.69, 9.17) is 4.74 Å². The fraction of sp³-hybridized carbons (Fsp3) is 0.533. The first-order chi connectivity index (χ1) is 9.19. The van der Waals surface area contributed by atoms with Gasteiger partial charge in [-0.15, -0.1) is 0 Å². The van der Waals surface area contributed by atoms with Gasteiger partial charge in [0.2, 0.25) is 5.91 Å². The Kier molecular flexibility index (Phi) is 4.80. The quantitative estimate of drug-likeness (QED) is 0.787. The number of hydrogen-bond acceptors (Lipinski definition) is 3. The van der Waals surface area contributed by atoms with Crippen molar-refractivity contribution >= 4 is 5.91 Å². The molecule has 1 aliphatic carbocycles. The number of amides is 1. The topological polar surface area (TPSA) is 50.4 Å². The van der Waals surface area contributed by atoms with E-state index in [0.29, 0.717) is 19.1 Å². The summed E-state index contributed by atoms with van der Waals surface area (Å²) < 4.78 is 5.72. The van der Waals surface area contributed by atoms with Crippen LogP contribution in [0.3, 0.4) is 0 Å². The summed E-state index contributed by atoms with van der Waals surface area (Å²) in [4.78, 5) is 11.2. The van der Waals surface area contributed by atoms with Gasteiger partial charge in [0.15, 0.2) is 0 Å². The van der Waals surface area contributed by atoms with Crippen LogP contribution in [0.2, 0.25) is 0 Å². The highest BCUT2D eigenvalue weighted by atomic mass is 16.5. The minimum atomic E-state index is 0.00441. The molecule has 0 unspecified atom stereocenters. The zero-order valence-electron chi connectivity index (χ0n) is 11.7. The molecule has 0 atom stereocenters. The number of rotatable bonds is 7. The van der Waals surface area contributed by atoms with Crippen LogP contribution in [0.1, 0.15) is 30.4 Å². The van der Waals surface area contributed by atoms with Gasteiger partial charge >= 0.3 is 0 Å². The summed E-state index contributed by atoms with van der Waals surface area (Å²) >= 11 is 0. The van der Waals surface area contributed by atoms with Gasteiger partial charge in [0.1, 0.15) is 5.75 Å². The molecular weight excluding hydrogens is 240 g/mol. The maximum Gasteiger partial charge on any atom is 0.223 e. The molecule has 104 valence electrons. The van der Waals surface area contributed by atoms with Crippen molar-refractivity contribution in [2.75, 3.05) is 13.7 Å². The zero-order valence-corrected chi connectivity index (χ0v) is 11.7. The molecule has 1 amide bonds. The predicted molar refractivity (Wildman–Crippen MR) is 75.2 cm³/mol. The average Bonchev–Trinajstić information content (AvgIpc) is 3.22. The van der Waals surface area contributed by atoms with E-state index < -0.39 is 0 Å². The monoisotopic (exact) mass is 262 g/mol. The Labute approximate surface area is 114 Å². The number of carbonyl (C=O) groups excluding carboxylic acids is 1. The third-order valence-electron chi connectivity index (χ3n) is 3.24. The van der Waals surface area contributed by atoms with Crippen molar-refractivity contribution in [2.45, 2.75) is 38.8 Å². The first-order valence-electron chi connectivity index (χ1n) is 6.85. The van der Waals surface area contributed by atoms with Gasteiger partial charge in [0.25, 0.3) is 0 Å². The average molecular weight is 262 g/mol. The second kappa shape index (κ2) is 6.57. The summed E-state index contributed by atoms with van der Waals surface area (Å²) in [5.74, 6) is 0.882. The number of ether oxygens (including phenoxy) is 1. The lowest BCUT2D eigenvalue weighted by atomic mass is 10.1. The van der Waals surface area contributed by atoms with Gasteiger partial charge in [0.05, 0.1) is 13.0 Å². The molecule has 0 aromatic heterocycles. The Hall–Kier alpha value is -1.55. The Morgan fingerprint density at radius 3 is 2.89 bits per heavy atom. The fourth-order valence-electron chi connectivity index (χ4n) is 1.91. The zero-order chi connectivity index (χ0) is 13.7. The molecule has 0 saturated heterocycles.